The molecule has 2 aromatic rings. The van der Waals surface area contributed by atoms with Crippen molar-refractivity contribution in [3.8, 4) is 0 Å². The minimum absolute atomic E-state index is 0.0540. The topological polar surface area (TPSA) is 61.4 Å². The van der Waals surface area contributed by atoms with Crippen LogP contribution in [0, 0.1) is 5.82 Å². The Morgan fingerprint density at radius 1 is 1.05 bits per heavy atom. The Morgan fingerprint density at radius 3 is 2.43 bits per heavy atom. The third-order valence-corrected chi connectivity index (χ3v) is 3.02. The summed E-state index contributed by atoms with van der Waals surface area (Å²) in [4.78, 5) is 11.6. The maximum Gasteiger partial charge on any atom is 0.315 e. The summed E-state index contributed by atoms with van der Waals surface area (Å²) < 4.78 is 13.4. The summed E-state index contributed by atoms with van der Waals surface area (Å²) >= 11 is 0. The lowest BCUT2D eigenvalue weighted by Crippen LogP contribution is -2.37. The molecule has 0 radical (unpaired) electrons. The molecule has 0 unspecified atom stereocenters. The molecule has 2 aromatic carbocycles. The number of aliphatic hydroxyl groups is 1. The third-order valence-electron chi connectivity index (χ3n) is 3.02. The number of hydrogen-bond acceptors (Lipinski definition) is 2. The van der Waals surface area contributed by atoms with Crippen molar-refractivity contribution in [1.82, 2.24) is 10.6 Å². The van der Waals surface area contributed by atoms with E-state index in [1.54, 1.807) is 12.1 Å². The van der Waals surface area contributed by atoms with Gasteiger partial charge in [-0.1, -0.05) is 48.5 Å². The summed E-state index contributed by atoms with van der Waals surface area (Å²) in [5.74, 6) is -0.489. The molecule has 1 atom stereocenters. The number of urea groups is 1. The predicted octanol–water partition coefficient (Wildman–Crippen LogP) is 2.36. The molecule has 5 heteroatoms. The number of amides is 2. The molecule has 0 aromatic heterocycles. The van der Waals surface area contributed by atoms with Crippen molar-refractivity contribution in [2.24, 2.45) is 0 Å². The number of nitrogens with one attached hydrogen (secondary N) is 2. The summed E-state index contributed by atoms with van der Waals surface area (Å²) in [5.41, 5.74) is 1.14. The number of carbonyl (C=O) groups is 1. The zero-order chi connectivity index (χ0) is 15.1. The predicted molar refractivity (Wildman–Crippen MR) is 78.0 cm³/mol. The van der Waals surface area contributed by atoms with Crippen molar-refractivity contribution in [3.63, 3.8) is 0 Å². The monoisotopic (exact) mass is 288 g/mol. The molecule has 0 fully saturated rings. The van der Waals surface area contributed by atoms with E-state index in [9.17, 15) is 14.3 Å². The first kappa shape index (κ1) is 15.0. The van der Waals surface area contributed by atoms with E-state index >= 15 is 0 Å². The van der Waals surface area contributed by atoms with Gasteiger partial charge in [-0.25, -0.2) is 9.18 Å². The zero-order valence-electron chi connectivity index (χ0n) is 11.4. The van der Waals surface area contributed by atoms with Crippen LogP contribution in [-0.2, 0) is 6.54 Å². The fraction of sp³-hybridized carbons (Fsp3) is 0.188. The first-order chi connectivity index (χ1) is 10.2. The second-order valence-corrected chi connectivity index (χ2v) is 4.59. The molecule has 0 aliphatic rings. The van der Waals surface area contributed by atoms with E-state index in [0.29, 0.717) is 6.54 Å². The van der Waals surface area contributed by atoms with Gasteiger partial charge in [0.05, 0.1) is 6.10 Å². The average Bonchev–Trinajstić information content (AvgIpc) is 2.52. The maximum atomic E-state index is 13.4. The number of benzene rings is 2. The molecule has 0 saturated heterocycles. The molecule has 2 amide bonds. The molecule has 4 nitrogen and oxygen atoms in total. The van der Waals surface area contributed by atoms with E-state index in [0.717, 1.165) is 5.56 Å². The summed E-state index contributed by atoms with van der Waals surface area (Å²) in [7, 11) is 0. The summed E-state index contributed by atoms with van der Waals surface area (Å²) in [6, 6.07) is 15.0. The highest BCUT2D eigenvalue weighted by atomic mass is 19.1. The van der Waals surface area contributed by atoms with Gasteiger partial charge in [0.15, 0.2) is 0 Å². The fourth-order valence-electron chi connectivity index (χ4n) is 1.89. The first-order valence-corrected chi connectivity index (χ1v) is 6.65. The van der Waals surface area contributed by atoms with Crippen LogP contribution >= 0.6 is 0 Å². The quantitative estimate of drug-likeness (QED) is 0.791. The Kier molecular flexibility index (Phi) is 5.29. The number of rotatable bonds is 5. The molecule has 3 N–H and O–H groups in total. The Morgan fingerprint density at radius 2 is 1.71 bits per heavy atom. The maximum absolute atomic E-state index is 13.4. The highest BCUT2D eigenvalue weighted by Gasteiger charge is 2.12. The molecular weight excluding hydrogens is 271 g/mol. The molecule has 0 aliphatic carbocycles. The van der Waals surface area contributed by atoms with Crippen molar-refractivity contribution in [1.29, 1.82) is 0 Å². The van der Waals surface area contributed by atoms with Crippen LogP contribution < -0.4 is 10.6 Å². The van der Waals surface area contributed by atoms with Gasteiger partial charge in [-0.2, -0.15) is 0 Å². The van der Waals surface area contributed by atoms with Crippen LogP contribution in [0.3, 0.4) is 0 Å². The highest BCUT2D eigenvalue weighted by molar-refractivity contribution is 5.73. The van der Waals surface area contributed by atoms with Crippen LogP contribution in [0.15, 0.2) is 54.6 Å². The van der Waals surface area contributed by atoms with Gasteiger partial charge in [0.1, 0.15) is 5.82 Å². The van der Waals surface area contributed by atoms with Gasteiger partial charge in [-0.15, -0.1) is 0 Å². The van der Waals surface area contributed by atoms with Gasteiger partial charge < -0.3 is 15.7 Å². The smallest absolute Gasteiger partial charge is 0.315 e. The standard InChI is InChI=1S/C16H17FN2O2/c17-14-9-5-4-8-13(14)15(20)11-19-16(21)18-10-12-6-2-1-3-7-12/h1-9,15,20H,10-11H2,(H2,18,19,21)/t15-/m0/s1. The van der Waals surface area contributed by atoms with Crippen molar-refractivity contribution in [3.05, 3.63) is 71.5 Å². The third kappa shape index (κ3) is 4.57. The van der Waals surface area contributed by atoms with Crippen LogP contribution in [0.25, 0.3) is 0 Å². The molecule has 21 heavy (non-hydrogen) atoms. The number of halogens is 1. The van der Waals surface area contributed by atoms with Crippen LogP contribution in [-0.4, -0.2) is 17.7 Å². The Balaban J connectivity index is 1.77. The van der Waals surface area contributed by atoms with Crippen LogP contribution in [0.2, 0.25) is 0 Å². The molecule has 0 heterocycles. The average molecular weight is 288 g/mol. The van der Waals surface area contributed by atoms with Gasteiger partial charge in [-0.3, -0.25) is 0 Å². The highest BCUT2D eigenvalue weighted by Crippen LogP contribution is 2.15. The van der Waals surface area contributed by atoms with E-state index in [4.69, 9.17) is 0 Å². The van der Waals surface area contributed by atoms with E-state index in [1.807, 2.05) is 30.3 Å². The Labute approximate surface area is 122 Å². The van der Waals surface area contributed by atoms with Gasteiger partial charge in [0.25, 0.3) is 0 Å². The zero-order valence-corrected chi connectivity index (χ0v) is 11.4. The minimum Gasteiger partial charge on any atom is -0.386 e. The second kappa shape index (κ2) is 7.40. The van der Waals surface area contributed by atoms with Crippen LogP contribution in [0.5, 0.6) is 0 Å². The van der Waals surface area contributed by atoms with Crippen LogP contribution in [0.4, 0.5) is 9.18 Å². The van der Waals surface area contributed by atoms with Gasteiger partial charge in [-0.05, 0) is 11.6 Å². The van der Waals surface area contributed by atoms with Crippen molar-refractivity contribution < 1.29 is 14.3 Å². The first-order valence-electron chi connectivity index (χ1n) is 6.65. The lowest BCUT2D eigenvalue weighted by atomic mass is 10.1. The molecule has 0 bridgehead atoms. The molecular formula is C16H17FN2O2. The lowest BCUT2D eigenvalue weighted by molar-refractivity contribution is 0.169. The van der Waals surface area contributed by atoms with E-state index in [-0.39, 0.29) is 12.1 Å². The SMILES string of the molecule is O=C(NCc1ccccc1)NC[C@H](O)c1ccccc1F. The molecule has 0 spiro atoms. The number of carbonyl (C=O) groups excluding carboxylic acids is 1. The fourth-order valence-corrected chi connectivity index (χ4v) is 1.89. The number of hydrogen-bond donors (Lipinski definition) is 3. The van der Waals surface area contributed by atoms with Gasteiger partial charge in [0.2, 0.25) is 0 Å². The van der Waals surface area contributed by atoms with E-state index in [2.05, 4.69) is 10.6 Å². The molecule has 110 valence electrons. The summed E-state index contributed by atoms with van der Waals surface area (Å²) in [6.45, 7) is 0.337. The van der Waals surface area contributed by atoms with Gasteiger partial charge >= 0.3 is 6.03 Å². The van der Waals surface area contributed by atoms with Gasteiger partial charge in [0, 0.05) is 18.7 Å². The Hall–Kier alpha value is -2.40. The minimum atomic E-state index is -1.08. The molecule has 0 saturated carbocycles. The van der Waals surface area contributed by atoms with Crippen LogP contribution in [0.1, 0.15) is 17.2 Å². The lowest BCUT2D eigenvalue weighted by Gasteiger charge is -2.13. The van der Waals surface area contributed by atoms with Crippen molar-refractivity contribution in [2.45, 2.75) is 12.6 Å². The molecule has 0 aliphatic heterocycles. The van der Waals surface area contributed by atoms with Crippen molar-refractivity contribution >= 4 is 6.03 Å². The number of aliphatic hydroxyl groups excluding tert-OH is 1. The van der Waals surface area contributed by atoms with Crippen molar-refractivity contribution in [2.75, 3.05) is 6.54 Å². The normalized spacial score (nSPS) is 11.7. The summed E-state index contributed by atoms with van der Waals surface area (Å²) in [6.07, 6.45) is -1.08. The Bertz CT molecular complexity index is 590. The summed E-state index contributed by atoms with van der Waals surface area (Å²) in [5, 5.41) is 15.0. The van der Waals surface area contributed by atoms with E-state index < -0.39 is 18.0 Å². The molecule has 2 rings (SSSR count). The largest absolute Gasteiger partial charge is 0.386 e. The second-order valence-electron chi connectivity index (χ2n) is 4.59. The van der Waals surface area contributed by atoms with E-state index in [1.165, 1.54) is 12.1 Å².